The molecule has 21 heavy (non-hydrogen) atoms. The second kappa shape index (κ2) is 7.01. The summed E-state index contributed by atoms with van der Waals surface area (Å²) in [6, 6.07) is 1.59. The molecule has 0 saturated heterocycles. The minimum atomic E-state index is -0.148. The number of hydrogen-bond acceptors (Lipinski definition) is 4. The van der Waals surface area contributed by atoms with Gasteiger partial charge in [-0.25, -0.2) is 9.67 Å². The number of nitrogens with zero attached hydrogens (tertiary/aromatic N) is 5. The van der Waals surface area contributed by atoms with E-state index in [-0.39, 0.29) is 11.9 Å². The molecule has 2 rings (SSSR count). The fourth-order valence-electron chi connectivity index (χ4n) is 2.28. The molecule has 0 unspecified atom stereocenters. The zero-order chi connectivity index (χ0) is 15.2. The molecule has 2 aromatic heterocycles. The first-order valence-electron chi connectivity index (χ1n) is 7.41. The topological polar surface area (TPSA) is 77.6 Å². The first-order chi connectivity index (χ1) is 10.2. The molecular weight excluding hydrogens is 268 g/mol. The molecule has 0 aliphatic heterocycles. The number of carbonyl (C=O) groups is 1. The van der Waals surface area contributed by atoms with E-state index < -0.39 is 0 Å². The third-order valence-electron chi connectivity index (χ3n) is 3.35. The maximum Gasteiger partial charge on any atom is 0.270 e. The summed E-state index contributed by atoms with van der Waals surface area (Å²) in [6.45, 7) is 7.54. The van der Waals surface area contributed by atoms with Crippen molar-refractivity contribution < 1.29 is 4.79 Å². The van der Waals surface area contributed by atoms with Crippen LogP contribution in [0.4, 0.5) is 0 Å². The summed E-state index contributed by atoms with van der Waals surface area (Å²) in [5.74, 6) is 0.661. The molecule has 0 spiro atoms. The largest absolute Gasteiger partial charge is 0.341 e. The Kier molecular flexibility index (Phi) is 5.08. The van der Waals surface area contributed by atoms with Crippen molar-refractivity contribution in [2.75, 3.05) is 0 Å². The molecule has 7 nitrogen and oxygen atoms in total. The van der Waals surface area contributed by atoms with Gasteiger partial charge < -0.3 is 5.32 Å². The number of carbonyl (C=O) groups excluding carboxylic acids is 1. The average molecular weight is 290 g/mol. The van der Waals surface area contributed by atoms with E-state index in [2.05, 4.69) is 27.4 Å². The number of rotatable bonds is 7. The van der Waals surface area contributed by atoms with Crippen molar-refractivity contribution >= 4 is 5.91 Å². The predicted octanol–water partition coefficient (Wildman–Crippen LogP) is 1.79. The maximum absolute atomic E-state index is 12.4. The van der Waals surface area contributed by atoms with Gasteiger partial charge in [0.2, 0.25) is 0 Å². The molecule has 114 valence electrons. The van der Waals surface area contributed by atoms with Crippen molar-refractivity contribution in [2.24, 2.45) is 0 Å². The Hall–Kier alpha value is -2.18. The molecule has 0 bridgehead atoms. The van der Waals surface area contributed by atoms with Crippen LogP contribution in [0.15, 0.2) is 18.6 Å². The standard InChI is InChI=1S/C14H22N6O/c1-4-9-20-12(7-8-16-20)14(21)18-11(5-2)13-15-10-17-19(13)6-3/h7-8,10-11H,4-6,9H2,1-3H3,(H,18,21)/t11-/m0/s1. The van der Waals surface area contributed by atoms with Gasteiger partial charge in [-0.2, -0.15) is 10.2 Å². The van der Waals surface area contributed by atoms with Gasteiger partial charge in [0.1, 0.15) is 17.8 Å². The summed E-state index contributed by atoms with van der Waals surface area (Å²) < 4.78 is 3.53. The first-order valence-corrected chi connectivity index (χ1v) is 7.41. The van der Waals surface area contributed by atoms with Gasteiger partial charge in [0, 0.05) is 19.3 Å². The monoisotopic (exact) mass is 290 g/mol. The van der Waals surface area contributed by atoms with Crippen molar-refractivity contribution in [3.8, 4) is 0 Å². The van der Waals surface area contributed by atoms with Crippen molar-refractivity contribution in [1.29, 1.82) is 0 Å². The Labute approximate surface area is 124 Å². The summed E-state index contributed by atoms with van der Waals surface area (Å²) >= 11 is 0. The predicted molar refractivity (Wildman–Crippen MR) is 78.7 cm³/mol. The van der Waals surface area contributed by atoms with Crippen LogP contribution in [-0.2, 0) is 13.1 Å². The summed E-state index contributed by atoms with van der Waals surface area (Å²) in [5, 5.41) is 11.4. The van der Waals surface area contributed by atoms with Gasteiger partial charge in [-0.1, -0.05) is 13.8 Å². The zero-order valence-corrected chi connectivity index (χ0v) is 12.8. The minimum absolute atomic E-state index is 0.126. The minimum Gasteiger partial charge on any atom is -0.341 e. The molecule has 0 saturated carbocycles. The van der Waals surface area contributed by atoms with Crippen LogP contribution in [0, 0.1) is 0 Å². The van der Waals surface area contributed by atoms with Crippen LogP contribution in [0.25, 0.3) is 0 Å². The maximum atomic E-state index is 12.4. The first kappa shape index (κ1) is 15.2. The van der Waals surface area contributed by atoms with E-state index in [0.717, 1.165) is 31.8 Å². The van der Waals surface area contributed by atoms with Crippen molar-refractivity contribution in [1.82, 2.24) is 29.9 Å². The quantitative estimate of drug-likeness (QED) is 0.843. The van der Waals surface area contributed by atoms with Crippen LogP contribution in [0.1, 0.15) is 56.0 Å². The molecule has 0 aliphatic carbocycles. The molecular formula is C14H22N6O. The highest BCUT2D eigenvalue weighted by molar-refractivity contribution is 5.92. The molecule has 2 heterocycles. The van der Waals surface area contributed by atoms with Crippen LogP contribution in [-0.4, -0.2) is 30.5 Å². The lowest BCUT2D eigenvalue weighted by Crippen LogP contribution is -2.32. The summed E-state index contributed by atoms with van der Waals surface area (Å²) in [4.78, 5) is 16.7. The van der Waals surface area contributed by atoms with E-state index >= 15 is 0 Å². The highest BCUT2D eigenvalue weighted by atomic mass is 16.2. The lowest BCUT2D eigenvalue weighted by molar-refractivity contribution is 0.0921. The zero-order valence-electron chi connectivity index (χ0n) is 12.8. The third-order valence-corrected chi connectivity index (χ3v) is 3.35. The van der Waals surface area contributed by atoms with E-state index in [0.29, 0.717) is 5.69 Å². The Morgan fingerprint density at radius 1 is 1.29 bits per heavy atom. The van der Waals surface area contributed by atoms with Crippen molar-refractivity contribution in [2.45, 2.75) is 52.7 Å². The van der Waals surface area contributed by atoms with Crippen molar-refractivity contribution in [3.05, 3.63) is 30.1 Å². The van der Waals surface area contributed by atoms with Crippen LogP contribution in [0.5, 0.6) is 0 Å². The number of amides is 1. The van der Waals surface area contributed by atoms with Gasteiger partial charge in [-0.05, 0) is 25.8 Å². The highest BCUT2D eigenvalue weighted by Gasteiger charge is 2.20. The fraction of sp³-hybridized carbons (Fsp3) is 0.571. The molecule has 1 amide bonds. The summed E-state index contributed by atoms with van der Waals surface area (Å²) in [7, 11) is 0. The molecule has 7 heteroatoms. The molecule has 0 aliphatic rings. The van der Waals surface area contributed by atoms with E-state index in [4.69, 9.17) is 0 Å². The van der Waals surface area contributed by atoms with Crippen molar-refractivity contribution in [3.63, 3.8) is 0 Å². The lowest BCUT2D eigenvalue weighted by atomic mass is 10.2. The third kappa shape index (κ3) is 3.29. The van der Waals surface area contributed by atoms with Gasteiger partial charge in [0.25, 0.3) is 5.91 Å². The van der Waals surface area contributed by atoms with Gasteiger partial charge >= 0.3 is 0 Å². The summed E-state index contributed by atoms with van der Waals surface area (Å²) in [5.41, 5.74) is 0.581. The second-order valence-corrected chi connectivity index (χ2v) is 4.81. The Bertz CT molecular complexity index is 588. The van der Waals surface area contributed by atoms with E-state index in [1.165, 1.54) is 6.33 Å². The average Bonchev–Trinajstić information content (AvgIpc) is 3.13. The molecule has 2 aromatic rings. The second-order valence-electron chi connectivity index (χ2n) is 4.81. The lowest BCUT2D eigenvalue weighted by Gasteiger charge is -2.17. The van der Waals surface area contributed by atoms with E-state index in [1.54, 1.807) is 21.6 Å². The highest BCUT2D eigenvalue weighted by Crippen LogP contribution is 2.14. The number of aromatic nitrogens is 5. The molecule has 1 atom stereocenters. The fourth-order valence-corrected chi connectivity index (χ4v) is 2.28. The molecule has 0 aromatic carbocycles. The molecule has 1 N–H and O–H groups in total. The van der Waals surface area contributed by atoms with E-state index in [1.807, 2.05) is 13.8 Å². The van der Waals surface area contributed by atoms with Crippen LogP contribution >= 0.6 is 0 Å². The van der Waals surface area contributed by atoms with E-state index in [9.17, 15) is 4.79 Å². The van der Waals surface area contributed by atoms with Crippen LogP contribution < -0.4 is 5.32 Å². The Morgan fingerprint density at radius 2 is 2.10 bits per heavy atom. The molecule has 0 radical (unpaired) electrons. The van der Waals surface area contributed by atoms with Gasteiger partial charge in [-0.15, -0.1) is 0 Å². The Morgan fingerprint density at radius 3 is 2.76 bits per heavy atom. The SMILES string of the molecule is CCCn1nccc1C(=O)N[C@@H](CC)c1ncnn1CC. The van der Waals surface area contributed by atoms with Gasteiger partial charge in [0.15, 0.2) is 0 Å². The summed E-state index contributed by atoms with van der Waals surface area (Å²) in [6.07, 6.45) is 4.87. The van der Waals surface area contributed by atoms with Gasteiger partial charge in [0.05, 0.1) is 6.04 Å². The normalized spacial score (nSPS) is 12.3. The van der Waals surface area contributed by atoms with Gasteiger partial charge in [-0.3, -0.25) is 9.48 Å². The number of nitrogens with one attached hydrogen (secondary N) is 1. The van der Waals surface area contributed by atoms with Crippen LogP contribution in [0.2, 0.25) is 0 Å². The smallest absolute Gasteiger partial charge is 0.270 e. The van der Waals surface area contributed by atoms with Crippen LogP contribution in [0.3, 0.4) is 0 Å². The number of aryl methyl sites for hydroxylation is 2. The number of hydrogen-bond donors (Lipinski definition) is 1. The molecule has 0 fully saturated rings. The Balaban J connectivity index is 2.15.